The van der Waals surface area contributed by atoms with Gasteiger partial charge >= 0.3 is 0 Å². The van der Waals surface area contributed by atoms with E-state index in [9.17, 15) is 33.5 Å². The fraction of sp³-hybridized carbons (Fsp3) is 0.306. The van der Waals surface area contributed by atoms with E-state index < -0.39 is 58.5 Å². The van der Waals surface area contributed by atoms with Gasteiger partial charge in [-0.25, -0.2) is 9.29 Å². The highest BCUT2D eigenvalue weighted by Crippen LogP contribution is 2.64. The number of Topliss-reactive ketones (excluding diaryl/α,β-unsaturated/α-hetero) is 1. The van der Waals surface area contributed by atoms with Crippen LogP contribution >= 0.6 is 27.5 Å². The molecule has 7 rings (SSSR count). The van der Waals surface area contributed by atoms with Crippen LogP contribution in [0.2, 0.25) is 5.02 Å². The highest BCUT2D eigenvalue weighted by atomic mass is 79.9. The van der Waals surface area contributed by atoms with Crippen LogP contribution in [0.15, 0.2) is 70.7 Å². The number of nitrogens with zero attached hydrogens (tertiary/aromatic N) is 2. The molecule has 48 heavy (non-hydrogen) atoms. The lowest BCUT2D eigenvalue weighted by molar-refractivity contribution is -0.131. The number of hydrogen-bond acceptors (Lipinski definition) is 7. The van der Waals surface area contributed by atoms with Gasteiger partial charge in [0.15, 0.2) is 17.3 Å². The number of phenols is 1. The molecule has 3 aromatic rings. The lowest BCUT2D eigenvalue weighted by atomic mass is 9.51. The monoisotopic (exact) mass is 734 g/mol. The number of phenolic OH excluding ortho intramolecular Hbond substituents is 1. The number of methoxy groups -OCH3 is 1. The SMILES string of the molecule is COc1cc(C2C3=CCC4C(=O)N(c5ccc(C(C)=O)cc5)C(=O)C4C3CC3C(=O)N(c4ccc(F)c(Cl)c4)C(=O)C32C)cc(Br)c1O. The Kier molecular flexibility index (Phi) is 7.63. The fourth-order valence-corrected chi connectivity index (χ4v) is 8.92. The first-order chi connectivity index (χ1) is 22.8. The van der Waals surface area contributed by atoms with E-state index in [4.69, 9.17) is 16.3 Å². The molecule has 0 bridgehead atoms. The zero-order valence-corrected chi connectivity index (χ0v) is 28.3. The van der Waals surface area contributed by atoms with Gasteiger partial charge in [0.05, 0.1) is 51.1 Å². The van der Waals surface area contributed by atoms with E-state index in [2.05, 4.69) is 15.9 Å². The van der Waals surface area contributed by atoms with E-state index in [1.807, 2.05) is 6.08 Å². The Labute approximate surface area is 288 Å². The van der Waals surface area contributed by atoms with E-state index in [1.165, 1.54) is 26.2 Å². The van der Waals surface area contributed by atoms with Gasteiger partial charge in [0, 0.05) is 11.5 Å². The second kappa shape index (κ2) is 11.4. The van der Waals surface area contributed by atoms with Gasteiger partial charge in [-0.3, -0.25) is 28.9 Å². The van der Waals surface area contributed by atoms with Crippen LogP contribution in [-0.4, -0.2) is 41.6 Å². The third-order valence-electron chi connectivity index (χ3n) is 10.6. The van der Waals surface area contributed by atoms with Crippen molar-refractivity contribution in [1.82, 2.24) is 0 Å². The molecule has 4 aliphatic rings. The summed E-state index contributed by atoms with van der Waals surface area (Å²) in [6.45, 7) is 3.15. The molecule has 246 valence electrons. The molecule has 0 aromatic heterocycles. The second-order valence-electron chi connectivity index (χ2n) is 12.9. The third-order valence-corrected chi connectivity index (χ3v) is 11.5. The van der Waals surface area contributed by atoms with Crippen LogP contribution < -0.4 is 14.5 Å². The summed E-state index contributed by atoms with van der Waals surface area (Å²) >= 11 is 9.47. The molecule has 2 heterocycles. The number of amides is 4. The van der Waals surface area contributed by atoms with Gasteiger partial charge in [-0.05, 0) is 109 Å². The number of halogens is 3. The average molecular weight is 736 g/mol. The maximum Gasteiger partial charge on any atom is 0.241 e. The topological polar surface area (TPSA) is 121 Å². The number of allylic oxidation sites excluding steroid dienone is 2. The maximum atomic E-state index is 14.6. The largest absolute Gasteiger partial charge is 0.503 e. The summed E-state index contributed by atoms with van der Waals surface area (Å²) in [6, 6.07) is 13.2. The molecule has 6 unspecified atom stereocenters. The zero-order valence-electron chi connectivity index (χ0n) is 26.0. The molecular weight excluding hydrogens is 707 g/mol. The molecule has 9 nitrogen and oxygen atoms in total. The Morgan fingerprint density at radius 3 is 2.31 bits per heavy atom. The van der Waals surface area contributed by atoms with Crippen LogP contribution in [0, 0.1) is 34.9 Å². The minimum Gasteiger partial charge on any atom is -0.503 e. The number of ether oxygens (including phenoxy) is 1. The molecule has 2 saturated heterocycles. The number of carbonyl (C=O) groups excluding carboxylic acids is 5. The predicted octanol–water partition coefficient (Wildman–Crippen LogP) is 6.59. The van der Waals surface area contributed by atoms with Crippen LogP contribution in [0.5, 0.6) is 11.5 Å². The standard InChI is InChI=1S/C36H29BrClFN2O7/c1-16(42)17-4-6-19(7-5-17)40-32(44)22-10-9-21-23(29(22)34(40)46)15-24-33(45)41(20-8-11-27(39)26(38)14-20)35(47)36(24,2)30(21)18-12-25(37)31(43)28(13-18)48-3/h4-9,11-14,22-24,29-30,43H,10,15H2,1-3H3. The summed E-state index contributed by atoms with van der Waals surface area (Å²) < 4.78 is 19.9. The van der Waals surface area contributed by atoms with Crippen LogP contribution in [0.3, 0.4) is 0 Å². The lowest BCUT2D eigenvalue weighted by Crippen LogP contribution is -2.48. The summed E-state index contributed by atoms with van der Waals surface area (Å²) in [5.74, 6) is -6.45. The van der Waals surface area contributed by atoms with Crippen molar-refractivity contribution in [3.05, 3.63) is 92.7 Å². The van der Waals surface area contributed by atoms with Crippen molar-refractivity contribution < 1.29 is 38.2 Å². The van der Waals surface area contributed by atoms with Crippen molar-refractivity contribution >= 4 is 68.3 Å². The van der Waals surface area contributed by atoms with Gasteiger partial charge in [0.1, 0.15) is 5.82 Å². The highest BCUT2D eigenvalue weighted by molar-refractivity contribution is 9.10. The zero-order chi connectivity index (χ0) is 34.4. The quantitative estimate of drug-likeness (QED) is 0.178. The number of imide groups is 2. The molecule has 0 radical (unpaired) electrons. The number of aromatic hydroxyl groups is 1. The van der Waals surface area contributed by atoms with Crippen molar-refractivity contribution in [3.8, 4) is 11.5 Å². The summed E-state index contributed by atoms with van der Waals surface area (Å²) in [7, 11) is 1.40. The van der Waals surface area contributed by atoms with Crippen LogP contribution in [0.4, 0.5) is 15.8 Å². The fourth-order valence-electron chi connectivity index (χ4n) is 8.28. The predicted molar refractivity (Wildman–Crippen MR) is 177 cm³/mol. The Morgan fingerprint density at radius 1 is 0.979 bits per heavy atom. The van der Waals surface area contributed by atoms with E-state index in [1.54, 1.807) is 43.3 Å². The summed E-state index contributed by atoms with van der Waals surface area (Å²) in [5, 5.41) is 10.4. The average Bonchev–Trinajstić information content (AvgIpc) is 3.43. The Balaban J connectivity index is 1.37. The molecule has 3 aromatic carbocycles. The maximum absolute atomic E-state index is 14.6. The Bertz CT molecular complexity index is 2000. The lowest BCUT2D eigenvalue weighted by Gasteiger charge is -2.49. The Morgan fingerprint density at radius 2 is 1.67 bits per heavy atom. The van der Waals surface area contributed by atoms with Gasteiger partial charge in [0.2, 0.25) is 23.6 Å². The van der Waals surface area contributed by atoms with Crippen LogP contribution in [0.1, 0.15) is 48.5 Å². The molecule has 2 aliphatic heterocycles. The Hall–Kier alpha value is -4.35. The molecular formula is C36H29BrClFN2O7. The van der Waals surface area contributed by atoms with Crippen molar-refractivity contribution in [2.75, 3.05) is 16.9 Å². The van der Waals surface area contributed by atoms with Crippen molar-refractivity contribution in [1.29, 1.82) is 0 Å². The number of anilines is 2. The smallest absolute Gasteiger partial charge is 0.241 e. The van der Waals surface area contributed by atoms with Gasteiger partial charge < -0.3 is 9.84 Å². The van der Waals surface area contributed by atoms with E-state index in [-0.39, 0.29) is 46.7 Å². The number of benzene rings is 3. The van der Waals surface area contributed by atoms with Crippen LogP contribution in [0.25, 0.3) is 0 Å². The number of rotatable bonds is 5. The number of carbonyl (C=O) groups is 5. The third kappa shape index (κ3) is 4.50. The van der Waals surface area contributed by atoms with E-state index >= 15 is 0 Å². The summed E-state index contributed by atoms with van der Waals surface area (Å²) in [4.78, 5) is 71.1. The van der Waals surface area contributed by atoms with Crippen LogP contribution in [-0.2, 0) is 19.2 Å². The molecule has 0 spiro atoms. The number of ketones is 1. The van der Waals surface area contributed by atoms with Crippen molar-refractivity contribution in [2.24, 2.45) is 29.1 Å². The molecule has 1 N–H and O–H groups in total. The first-order valence-corrected chi connectivity index (χ1v) is 16.5. The van der Waals surface area contributed by atoms with Gasteiger partial charge in [-0.15, -0.1) is 0 Å². The summed E-state index contributed by atoms with van der Waals surface area (Å²) in [5.41, 5.74) is 0.846. The summed E-state index contributed by atoms with van der Waals surface area (Å²) in [6.07, 6.45) is 2.26. The molecule has 4 amide bonds. The van der Waals surface area contributed by atoms with Crippen molar-refractivity contribution in [3.63, 3.8) is 0 Å². The number of hydrogen-bond donors (Lipinski definition) is 1. The number of fused-ring (bicyclic) bond motifs is 4. The normalized spacial score (nSPS) is 27.9. The van der Waals surface area contributed by atoms with E-state index in [0.29, 0.717) is 21.3 Å². The second-order valence-corrected chi connectivity index (χ2v) is 14.2. The molecule has 12 heteroatoms. The molecule has 2 aliphatic carbocycles. The molecule has 1 saturated carbocycles. The van der Waals surface area contributed by atoms with Gasteiger partial charge in [-0.1, -0.05) is 23.3 Å². The highest BCUT2D eigenvalue weighted by Gasteiger charge is 2.67. The molecule has 6 atom stereocenters. The van der Waals surface area contributed by atoms with Gasteiger partial charge in [0.25, 0.3) is 0 Å². The van der Waals surface area contributed by atoms with Crippen molar-refractivity contribution in [2.45, 2.75) is 32.6 Å². The first-order valence-electron chi connectivity index (χ1n) is 15.4. The minimum atomic E-state index is -1.37. The van der Waals surface area contributed by atoms with Gasteiger partial charge in [-0.2, -0.15) is 0 Å². The van der Waals surface area contributed by atoms with E-state index in [0.717, 1.165) is 21.4 Å². The molecule has 3 fully saturated rings. The first kappa shape index (κ1) is 32.2. The minimum absolute atomic E-state index is 0.114.